The number of carbonyl (C=O) groups is 3. The third-order valence-corrected chi connectivity index (χ3v) is 4.98. The van der Waals surface area contributed by atoms with Crippen LogP contribution in [0.4, 0.5) is 4.79 Å². The first-order valence-corrected chi connectivity index (χ1v) is 11.7. The molecule has 1 aromatic rings. The average Bonchev–Trinajstić information content (AvgIpc) is 2.73. The Labute approximate surface area is 198 Å². The molecule has 0 fully saturated rings. The monoisotopic (exact) mass is 463 g/mol. The van der Waals surface area contributed by atoms with Gasteiger partial charge < -0.3 is 25.4 Å². The standard InChI is InChI=1S/C25H41N3O5/c1-7-8-12-15-26-22(30)21(19-13-10-9-11-14-19)28(16-17-29)23(31)20(18(2)3)27-24(32)33-25(4,5)6/h9-11,13-14,18,20-21,29H,7-8,12,15-17H2,1-6H3,(H,26,30)(H,27,32). The summed E-state index contributed by atoms with van der Waals surface area (Å²) in [5, 5.41) is 15.3. The maximum Gasteiger partial charge on any atom is 0.408 e. The van der Waals surface area contributed by atoms with E-state index in [1.54, 1.807) is 58.9 Å². The van der Waals surface area contributed by atoms with E-state index in [2.05, 4.69) is 17.6 Å². The molecular formula is C25H41N3O5. The number of ether oxygens (including phenoxy) is 1. The molecule has 0 aliphatic heterocycles. The molecule has 0 saturated carbocycles. The van der Waals surface area contributed by atoms with Gasteiger partial charge in [0.1, 0.15) is 17.7 Å². The highest BCUT2D eigenvalue weighted by Crippen LogP contribution is 2.23. The second-order valence-corrected chi connectivity index (χ2v) is 9.43. The number of nitrogens with one attached hydrogen (secondary N) is 2. The maximum absolute atomic E-state index is 13.6. The van der Waals surface area contributed by atoms with Gasteiger partial charge in [-0.2, -0.15) is 0 Å². The number of unbranched alkanes of at least 4 members (excludes halogenated alkanes) is 2. The van der Waals surface area contributed by atoms with Gasteiger partial charge in [0.25, 0.3) is 0 Å². The van der Waals surface area contributed by atoms with Gasteiger partial charge in [0.15, 0.2) is 0 Å². The maximum atomic E-state index is 13.6. The van der Waals surface area contributed by atoms with Crippen LogP contribution in [-0.2, 0) is 14.3 Å². The van der Waals surface area contributed by atoms with Crippen LogP contribution in [0.1, 0.15) is 72.4 Å². The highest BCUT2D eigenvalue weighted by Gasteiger charge is 2.37. The van der Waals surface area contributed by atoms with E-state index >= 15 is 0 Å². The second kappa shape index (κ2) is 13.8. The molecule has 0 bridgehead atoms. The van der Waals surface area contributed by atoms with Gasteiger partial charge in [-0.1, -0.05) is 63.9 Å². The van der Waals surface area contributed by atoms with E-state index in [0.717, 1.165) is 19.3 Å². The summed E-state index contributed by atoms with van der Waals surface area (Å²) in [5.74, 6) is -1.04. The number of hydrogen-bond acceptors (Lipinski definition) is 5. The molecule has 2 atom stereocenters. The molecule has 2 unspecified atom stereocenters. The van der Waals surface area contributed by atoms with Crippen LogP contribution in [0, 0.1) is 5.92 Å². The van der Waals surface area contributed by atoms with E-state index < -0.39 is 29.7 Å². The number of benzene rings is 1. The molecule has 3 N–H and O–H groups in total. The highest BCUT2D eigenvalue weighted by atomic mass is 16.6. The molecule has 0 aliphatic carbocycles. The molecule has 0 spiro atoms. The van der Waals surface area contributed by atoms with Crippen molar-refractivity contribution in [1.29, 1.82) is 0 Å². The molecule has 8 heteroatoms. The number of nitrogens with zero attached hydrogens (tertiary/aromatic N) is 1. The molecule has 186 valence electrons. The van der Waals surface area contributed by atoms with Gasteiger partial charge in [0.05, 0.1) is 6.61 Å². The zero-order valence-corrected chi connectivity index (χ0v) is 20.9. The number of hydrogen-bond donors (Lipinski definition) is 3. The molecule has 3 amide bonds. The fraction of sp³-hybridized carbons (Fsp3) is 0.640. The van der Waals surface area contributed by atoms with Crippen molar-refractivity contribution >= 4 is 17.9 Å². The zero-order chi connectivity index (χ0) is 25.0. The van der Waals surface area contributed by atoms with Crippen molar-refractivity contribution in [3.8, 4) is 0 Å². The van der Waals surface area contributed by atoms with Crippen LogP contribution < -0.4 is 10.6 Å². The topological polar surface area (TPSA) is 108 Å². The Morgan fingerprint density at radius 3 is 2.24 bits per heavy atom. The Balaban J connectivity index is 3.24. The van der Waals surface area contributed by atoms with Crippen molar-refractivity contribution < 1.29 is 24.2 Å². The van der Waals surface area contributed by atoms with Crippen LogP contribution >= 0.6 is 0 Å². The Kier molecular flexibility index (Phi) is 11.9. The molecule has 0 aromatic heterocycles. The summed E-state index contributed by atoms with van der Waals surface area (Å²) >= 11 is 0. The number of alkyl carbamates (subject to hydrolysis) is 1. The first-order valence-electron chi connectivity index (χ1n) is 11.7. The molecule has 0 saturated heterocycles. The van der Waals surface area contributed by atoms with E-state index in [-0.39, 0.29) is 25.0 Å². The van der Waals surface area contributed by atoms with Crippen LogP contribution in [0.5, 0.6) is 0 Å². The van der Waals surface area contributed by atoms with Crippen LogP contribution in [0.3, 0.4) is 0 Å². The van der Waals surface area contributed by atoms with Gasteiger partial charge in [0.2, 0.25) is 11.8 Å². The summed E-state index contributed by atoms with van der Waals surface area (Å²) in [5.41, 5.74) is -0.0863. The van der Waals surface area contributed by atoms with E-state index in [4.69, 9.17) is 4.74 Å². The van der Waals surface area contributed by atoms with Crippen molar-refractivity contribution in [2.75, 3.05) is 19.7 Å². The van der Waals surface area contributed by atoms with Crippen molar-refractivity contribution in [3.63, 3.8) is 0 Å². The summed E-state index contributed by atoms with van der Waals surface area (Å²) in [6.45, 7) is 11.0. The predicted molar refractivity (Wildman–Crippen MR) is 129 cm³/mol. The molecule has 1 rings (SSSR count). The van der Waals surface area contributed by atoms with Crippen LogP contribution in [0.2, 0.25) is 0 Å². The van der Waals surface area contributed by atoms with Gasteiger partial charge in [-0.3, -0.25) is 9.59 Å². The highest BCUT2D eigenvalue weighted by molar-refractivity contribution is 5.92. The molecule has 0 aliphatic rings. The minimum Gasteiger partial charge on any atom is -0.444 e. The van der Waals surface area contributed by atoms with E-state index in [0.29, 0.717) is 12.1 Å². The van der Waals surface area contributed by atoms with Crippen molar-refractivity contribution in [2.24, 2.45) is 5.92 Å². The van der Waals surface area contributed by atoms with Gasteiger partial charge in [0, 0.05) is 13.1 Å². The fourth-order valence-electron chi connectivity index (χ4n) is 3.39. The SMILES string of the molecule is CCCCCNC(=O)C(c1ccccc1)N(CCO)C(=O)C(NC(=O)OC(C)(C)C)C(C)C. The van der Waals surface area contributed by atoms with Crippen LogP contribution in [-0.4, -0.2) is 59.3 Å². The summed E-state index contributed by atoms with van der Waals surface area (Å²) in [4.78, 5) is 40.6. The molecule has 0 radical (unpaired) electrons. The lowest BCUT2D eigenvalue weighted by atomic mass is 9.99. The third-order valence-electron chi connectivity index (χ3n) is 4.98. The van der Waals surface area contributed by atoms with Gasteiger partial charge in [-0.15, -0.1) is 0 Å². The zero-order valence-electron chi connectivity index (χ0n) is 20.9. The first-order chi connectivity index (χ1) is 15.5. The first kappa shape index (κ1) is 28.4. The van der Waals surface area contributed by atoms with E-state index in [9.17, 15) is 19.5 Å². The quantitative estimate of drug-likeness (QED) is 0.412. The number of carbonyl (C=O) groups excluding carboxylic acids is 3. The molecule has 33 heavy (non-hydrogen) atoms. The van der Waals surface area contributed by atoms with Crippen molar-refractivity contribution in [1.82, 2.24) is 15.5 Å². The summed E-state index contributed by atoms with van der Waals surface area (Å²) in [6, 6.07) is 7.12. The molecule has 8 nitrogen and oxygen atoms in total. The summed E-state index contributed by atoms with van der Waals surface area (Å²) in [7, 11) is 0. The minimum atomic E-state index is -0.936. The largest absolute Gasteiger partial charge is 0.444 e. The Hall–Kier alpha value is -2.61. The van der Waals surface area contributed by atoms with Crippen molar-refractivity contribution in [3.05, 3.63) is 35.9 Å². The smallest absolute Gasteiger partial charge is 0.408 e. The molecular weight excluding hydrogens is 422 g/mol. The summed E-state index contributed by atoms with van der Waals surface area (Å²) in [6.07, 6.45) is 2.15. The minimum absolute atomic E-state index is 0.0556. The van der Waals surface area contributed by atoms with Crippen LogP contribution in [0.15, 0.2) is 30.3 Å². The van der Waals surface area contributed by atoms with Crippen LogP contribution in [0.25, 0.3) is 0 Å². The Morgan fingerprint density at radius 1 is 1.09 bits per heavy atom. The van der Waals surface area contributed by atoms with E-state index in [1.165, 1.54) is 4.90 Å². The lowest BCUT2D eigenvalue weighted by Crippen LogP contribution is -2.55. The summed E-state index contributed by atoms with van der Waals surface area (Å²) < 4.78 is 5.33. The molecule has 0 heterocycles. The van der Waals surface area contributed by atoms with Gasteiger partial charge in [-0.25, -0.2) is 4.79 Å². The normalized spacial score (nSPS) is 13.2. The number of aliphatic hydroxyl groups is 1. The number of aliphatic hydroxyl groups excluding tert-OH is 1. The average molecular weight is 464 g/mol. The van der Waals surface area contributed by atoms with Crippen molar-refractivity contribution in [2.45, 2.75) is 78.5 Å². The lowest BCUT2D eigenvalue weighted by molar-refractivity contribution is -0.143. The lowest BCUT2D eigenvalue weighted by Gasteiger charge is -2.35. The van der Waals surface area contributed by atoms with Gasteiger partial charge in [-0.05, 0) is 38.7 Å². The Morgan fingerprint density at radius 2 is 1.73 bits per heavy atom. The number of amides is 3. The third kappa shape index (κ3) is 9.82. The fourth-order valence-corrected chi connectivity index (χ4v) is 3.39. The second-order valence-electron chi connectivity index (χ2n) is 9.43. The van der Waals surface area contributed by atoms with Gasteiger partial charge >= 0.3 is 6.09 Å². The number of rotatable bonds is 12. The van der Waals surface area contributed by atoms with E-state index in [1.807, 2.05) is 6.07 Å². The predicted octanol–water partition coefficient (Wildman–Crippen LogP) is 3.40. The molecule has 1 aromatic carbocycles. The Bertz CT molecular complexity index is 746.